The third-order valence-electron chi connectivity index (χ3n) is 3.94. The van der Waals surface area contributed by atoms with E-state index < -0.39 is 0 Å². The lowest BCUT2D eigenvalue weighted by atomic mass is 9.99. The lowest BCUT2D eigenvalue weighted by Gasteiger charge is -2.45. The van der Waals surface area contributed by atoms with E-state index in [1.54, 1.807) is 0 Å². The molecule has 18 heavy (non-hydrogen) atoms. The van der Waals surface area contributed by atoms with Gasteiger partial charge < -0.3 is 0 Å². The van der Waals surface area contributed by atoms with Gasteiger partial charge in [-0.3, -0.25) is 9.80 Å². The van der Waals surface area contributed by atoms with Gasteiger partial charge in [0.25, 0.3) is 0 Å². The van der Waals surface area contributed by atoms with Gasteiger partial charge in [0.1, 0.15) is 0 Å². The first kappa shape index (κ1) is 13.9. The van der Waals surface area contributed by atoms with Gasteiger partial charge in [0.05, 0.1) is 0 Å². The topological polar surface area (TPSA) is 6.48 Å². The summed E-state index contributed by atoms with van der Waals surface area (Å²) >= 11 is 1.82. The van der Waals surface area contributed by atoms with E-state index in [4.69, 9.17) is 0 Å². The van der Waals surface area contributed by atoms with Gasteiger partial charge in [0.2, 0.25) is 0 Å². The number of likely N-dealkylation sites (N-methyl/N-ethyl adjacent to an activating group) is 1. The van der Waals surface area contributed by atoms with E-state index >= 15 is 0 Å². The van der Waals surface area contributed by atoms with Gasteiger partial charge in [-0.15, -0.1) is 11.8 Å². The monoisotopic (exact) mass is 264 g/mol. The zero-order chi connectivity index (χ0) is 13.2. The zero-order valence-electron chi connectivity index (χ0n) is 11.9. The molecule has 1 saturated heterocycles. The highest BCUT2D eigenvalue weighted by Crippen LogP contribution is 2.22. The van der Waals surface area contributed by atoms with Crippen molar-refractivity contribution in [2.75, 3.05) is 32.9 Å². The van der Waals surface area contributed by atoms with E-state index in [2.05, 4.69) is 61.2 Å². The van der Waals surface area contributed by atoms with Gasteiger partial charge in [-0.2, -0.15) is 0 Å². The molecule has 1 aromatic carbocycles. The average Bonchev–Trinajstić information content (AvgIpc) is 2.34. The fourth-order valence-corrected chi connectivity index (χ4v) is 2.99. The van der Waals surface area contributed by atoms with Crippen molar-refractivity contribution >= 4 is 11.8 Å². The summed E-state index contributed by atoms with van der Waals surface area (Å²) in [7, 11) is 2.23. The molecule has 0 aromatic heterocycles. The van der Waals surface area contributed by atoms with Crippen molar-refractivity contribution < 1.29 is 0 Å². The summed E-state index contributed by atoms with van der Waals surface area (Å²) in [5, 5.41) is 0. The molecule has 2 rings (SSSR count). The molecule has 0 spiro atoms. The molecule has 1 fully saturated rings. The van der Waals surface area contributed by atoms with Crippen LogP contribution in [0.3, 0.4) is 0 Å². The molecule has 100 valence electrons. The fourth-order valence-electron chi connectivity index (χ4n) is 2.51. The van der Waals surface area contributed by atoms with Crippen molar-refractivity contribution in [3.05, 3.63) is 29.8 Å². The molecule has 0 radical (unpaired) electrons. The Kier molecular flexibility index (Phi) is 4.36. The Balaban J connectivity index is 2.01. The quantitative estimate of drug-likeness (QED) is 0.775. The number of thioether (sulfide) groups is 1. The Morgan fingerprint density at radius 3 is 2.72 bits per heavy atom. The lowest BCUT2D eigenvalue weighted by Crippen LogP contribution is -2.57. The molecule has 0 amide bonds. The maximum absolute atomic E-state index is 2.57. The summed E-state index contributed by atoms with van der Waals surface area (Å²) in [6.45, 7) is 9.21. The summed E-state index contributed by atoms with van der Waals surface area (Å²) in [4.78, 5) is 6.39. The van der Waals surface area contributed by atoms with Crippen LogP contribution in [-0.4, -0.2) is 48.3 Å². The second-order valence-corrected chi connectivity index (χ2v) is 6.68. The van der Waals surface area contributed by atoms with Crippen LogP contribution in [0.2, 0.25) is 0 Å². The van der Waals surface area contributed by atoms with E-state index in [9.17, 15) is 0 Å². The summed E-state index contributed by atoms with van der Waals surface area (Å²) in [6.07, 6.45) is 2.14. The molecule has 2 nitrogen and oxygen atoms in total. The first-order valence-electron chi connectivity index (χ1n) is 6.58. The van der Waals surface area contributed by atoms with E-state index in [0.29, 0.717) is 0 Å². The molecule has 0 N–H and O–H groups in total. The van der Waals surface area contributed by atoms with E-state index in [0.717, 1.165) is 19.6 Å². The Morgan fingerprint density at radius 2 is 2.06 bits per heavy atom. The molecule has 0 bridgehead atoms. The molecule has 1 aromatic rings. The van der Waals surface area contributed by atoms with Crippen molar-refractivity contribution in [1.82, 2.24) is 9.80 Å². The maximum Gasteiger partial charge on any atom is 0.0277 e. The largest absolute Gasteiger partial charge is 0.299 e. The summed E-state index contributed by atoms with van der Waals surface area (Å²) < 4.78 is 0. The Morgan fingerprint density at radius 1 is 1.28 bits per heavy atom. The zero-order valence-corrected chi connectivity index (χ0v) is 12.8. The number of rotatable bonds is 3. The predicted octanol–water partition coefficient (Wildman–Crippen LogP) is 2.93. The van der Waals surface area contributed by atoms with E-state index in [-0.39, 0.29) is 5.54 Å². The minimum Gasteiger partial charge on any atom is -0.299 e. The van der Waals surface area contributed by atoms with Crippen molar-refractivity contribution in [2.45, 2.75) is 30.8 Å². The highest BCUT2D eigenvalue weighted by atomic mass is 32.2. The molecule has 0 saturated carbocycles. The van der Waals surface area contributed by atoms with Crippen LogP contribution in [0.25, 0.3) is 0 Å². The van der Waals surface area contributed by atoms with Crippen molar-refractivity contribution in [2.24, 2.45) is 0 Å². The van der Waals surface area contributed by atoms with Gasteiger partial charge in [-0.1, -0.05) is 12.1 Å². The number of hydrogen-bond donors (Lipinski definition) is 0. The number of piperazine rings is 1. The second kappa shape index (κ2) is 5.64. The Labute approximate surface area is 115 Å². The second-order valence-electron chi connectivity index (χ2n) is 5.80. The standard InChI is InChI=1S/C15H24N2S/c1-15(2)12-17(9-8-16(15)3)11-13-6-5-7-14(10-13)18-4/h5-7,10H,8-9,11-12H2,1-4H3. The predicted molar refractivity (Wildman–Crippen MR) is 80.2 cm³/mol. The average molecular weight is 264 g/mol. The first-order valence-corrected chi connectivity index (χ1v) is 7.80. The Bertz CT molecular complexity index is 403. The van der Waals surface area contributed by atoms with Crippen molar-refractivity contribution in [1.29, 1.82) is 0 Å². The van der Waals surface area contributed by atoms with Crippen LogP contribution in [0, 0.1) is 0 Å². The smallest absolute Gasteiger partial charge is 0.0277 e. The number of nitrogens with zero attached hydrogens (tertiary/aromatic N) is 2. The van der Waals surface area contributed by atoms with Gasteiger partial charge in [-0.25, -0.2) is 0 Å². The van der Waals surface area contributed by atoms with Crippen LogP contribution in [0.4, 0.5) is 0 Å². The van der Waals surface area contributed by atoms with Gasteiger partial charge in [0.15, 0.2) is 0 Å². The minimum absolute atomic E-state index is 0.287. The van der Waals surface area contributed by atoms with E-state index in [1.165, 1.54) is 17.0 Å². The van der Waals surface area contributed by atoms with Crippen LogP contribution in [0.15, 0.2) is 29.2 Å². The normalized spacial score (nSPS) is 21.1. The summed E-state index contributed by atoms with van der Waals surface area (Å²) in [5.74, 6) is 0. The first-order chi connectivity index (χ1) is 8.51. The van der Waals surface area contributed by atoms with Gasteiger partial charge >= 0.3 is 0 Å². The Hall–Kier alpha value is -0.510. The van der Waals surface area contributed by atoms with Crippen LogP contribution in [-0.2, 0) is 6.54 Å². The lowest BCUT2D eigenvalue weighted by molar-refractivity contribution is 0.0360. The van der Waals surface area contributed by atoms with Crippen LogP contribution >= 0.6 is 11.8 Å². The third kappa shape index (κ3) is 3.28. The molecule has 0 atom stereocenters. The number of benzene rings is 1. The minimum atomic E-state index is 0.287. The third-order valence-corrected chi connectivity index (χ3v) is 4.66. The van der Waals surface area contributed by atoms with Crippen LogP contribution < -0.4 is 0 Å². The van der Waals surface area contributed by atoms with Crippen LogP contribution in [0.5, 0.6) is 0 Å². The molecule has 0 unspecified atom stereocenters. The molecular weight excluding hydrogens is 240 g/mol. The molecule has 1 aliphatic heterocycles. The fraction of sp³-hybridized carbons (Fsp3) is 0.600. The van der Waals surface area contributed by atoms with Gasteiger partial charge in [-0.05, 0) is 44.8 Å². The van der Waals surface area contributed by atoms with E-state index in [1.807, 2.05) is 11.8 Å². The molecule has 0 aliphatic carbocycles. The molecule has 1 aliphatic rings. The number of hydrogen-bond acceptors (Lipinski definition) is 3. The summed E-state index contributed by atoms with van der Waals surface area (Å²) in [5.41, 5.74) is 1.72. The maximum atomic E-state index is 2.57. The van der Waals surface area contributed by atoms with Crippen molar-refractivity contribution in [3.63, 3.8) is 0 Å². The van der Waals surface area contributed by atoms with Gasteiger partial charge in [0, 0.05) is 36.6 Å². The highest BCUT2D eigenvalue weighted by molar-refractivity contribution is 7.98. The molecule has 1 heterocycles. The van der Waals surface area contributed by atoms with Crippen molar-refractivity contribution in [3.8, 4) is 0 Å². The highest BCUT2D eigenvalue weighted by Gasteiger charge is 2.30. The SMILES string of the molecule is CSc1cccc(CN2CCN(C)C(C)(C)C2)c1. The molecular formula is C15H24N2S. The van der Waals surface area contributed by atoms with Crippen LogP contribution in [0.1, 0.15) is 19.4 Å². The molecule has 3 heteroatoms. The summed E-state index contributed by atoms with van der Waals surface area (Å²) in [6, 6.07) is 8.91.